The van der Waals surface area contributed by atoms with Gasteiger partial charge in [0.2, 0.25) is 5.91 Å². The van der Waals surface area contributed by atoms with Gasteiger partial charge in [0.15, 0.2) is 0 Å². The second-order valence-electron chi connectivity index (χ2n) is 4.11. The standard InChI is InChI=1S/C12H16N4O2/c1-4-16-7-10(6-13-16)14-12(17)5-11-8(2)15-18-9(11)3/h6-7H,4-5H2,1-3H3,(H,14,17). The fraction of sp³-hybridized carbons (Fsp3) is 0.417. The number of amides is 1. The lowest BCUT2D eigenvalue weighted by atomic mass is 10.1. The van der Waals surface area contributed by atoms with Gasteiger partial charge in [0, 0.05) is 18.3 Å². The van der Waals surface area contributed by atoms with Gasteiger partial charge in [0.25, 0.3) is 0 Å². The maximum Gasteiger partial charge on any atom is 0.229 e. The Morgan fingerprint density at radius 2 is 2.28 bits per heavy atom. The third-order valence-corrected chi connectivity index (χ3v) is 2.76. The van der Waals surface area contributed by atoms with Crippen molar-refractivity contribution in [3.63, 3.8) is 0 Å². The van der Waals surface area contributed by atoms with E-state index in [4.69, 9.17) is 4.52 Å². The number of rotatable bonds is 4. The number of nitrogens with zero attached hydrogens (tertiary/aromatic N) is 3. The Kier molecular flexibility index (Phi) is 3.45. The topological polar surface area (TPSA) is 73.0 Å². The average molecular weight is 248 g/mol. The molecule has 6 heteroatoms. The van der Waals surface area contributed by atoms with Crippen LogP contribution < -0.4 is 5.32 Å². The Bertz CT molecular complexity index is 537. The van der Waals surface area contributed by atoms with E-state index in [2.05, 4.69) is 15.6 Å². The third kappa shape index (κ3) is 2.58. The SMILES string of the molecule is CCn1cc(NC(=O)Cc2c(C)noc2C)cn1. The molecule has 2 aromatic heterocycles. The van der Waals surface area contributed by atoms with Crippen LogP contribution in [0.3, 0.4) is 0 Å². The van der Waals surface area contributed by atoms with Crippen LogP contribution in [0.15, 0.2) is 16.9 Å². The predicted molar refractivity (Wildman–Crippen MR) is 66.2 cm³/mol. The van der Waals surface area contributed by atoms with Gasteiger partial charge in [0.05, 0.1) is 24.0 Å². The van der Waals surface area contributed by atoms with Gasteiger partial charge in [-0.25, -0.2) is 0 Å². The van der Waals surface area contributed by atoms with Crippen LogP contribution in [0.25, 0.3) is 0 Å². The zero-order valence-corrected chi connectivity index (χ0v) is 10.7. The molecule has 0 atom stereocenters. The Hall–Kier alpha value is -2.11. The van der Waals surface area contributed by atoms with Crippen molar-refractivity contribution in [2.24, 2.45) is 0 Å². The number of anilines is 1. The summed E-state index contributed by atoms with van der Waals surface area (Å²) in [4.78, 5) is 11.9. The summed E-state index contributed by atoms with van der Waals surface area (Å²) in [6.07, 6.45) is 3.69. The van der Waals surface area contributed by atoms with Crippen LogP contribution in [0.5, 0.6) is 0 Å². The quantitative estimate of drug-likeness (QED) is 0.893. The lowest BCUT2D eigenvalue weighted by Gasteiger charge is -2.01. The first-order valence-corrected chi connectivity index (χ1v) is 5.84. The highest BCUT2D eigenvalue weighted by molar-refractivity contribution is 5.92. The van der Waals surface area contributed by atoms with Gasteiger partial charge < -0.3 is 9.84 Å². The molecule has 18 heavy (non-hydrogen) atoms. The average Bonchev–Trinajstić information content (AvgIpc) is 2.91. The summed E-state index contributed by atoms with van der Waals surface area (Å²) in [5.41, 5.74) is 2.30. The minimum Gasteiger partial charge on any atom is -0.361 e. The van der Waals surface area contributed by atoms with E-state index in [9.17, 15) is 4.79 Å². The number of aromatic nitrogens is 3. The highest BCUT2D eigenvalue weighted by atomic mass is 16.5. The molecule has 2 aromatic rings. The molecule has 0 saturated carbocycles. The van der Waals surface area contributed by atoms with Crippen molar-refractivity contribution in [3.8, 4) is 0 Å². The Morgan fingerprint density at radius 3 is 2.83 bits per heavy atom. The van der Waals surface area contributed by atoms with Crippen molar-refractivity contribution in [2.45, 2.75) is 33.7 Å². The number of aryl methyl sites for hydroxylation is 3. The molecule has 0 radical (unpaired) electrons. The van der Waals surface area contributed by atoms with Crippen LogP contribution in [0, 0.1) is 13.8 Å². The van der Waals surface area contributed by atoms with Crippen molar-refractivity contribution in [3.05, 3.63) is 29.4 Å². The number of hydrogen-bond acceptors (Lipinski definition) is 4. The lowest BCUT2D eigenvalue weighted by molar-refractivity contribution is -0.115. The van der Waals surface area contributed by atoms with Crippen molar-refractivity contribution >= 4 is 11.6 Å². The molecular formula is C12H16N4O2. The zero-order chi connectivity index (χ0) is 13.1. The smallest absolute Gasteiger partial charge is 0.229 e. The second kappa shape index (κ2) is 5.03. The highest BCUT2D eigenvalue weighted by Crippen LogP contribution is 2.14. The summed E-state index contributed by atoms with van der Waals surface area (Å²) in [5, 5.41) is 10.7. The minimum atomic E-state index is -0.0972. The molecule has 0 bridgehead atoms. The first-order valence-electron chi connectivity index (χ1n) is 5.84. The van der Waals surface area contributed by atoms with E-state index in [1.54, 1.807) is 24.0 Å². The van der Waals surface area contributed by atoms with E-state index in [1.807, 2.05) is 13.8 Å². The molecule has 96 valence electrons. The van der Waals surface area contributed by atoms with E-state index in [0.717, 1.165) is 17.8 Å². The predicted octanol–water partition coefficient (Wildman–Crippen LogP) is 1.69. The van der Waals surface area contributed by atoms with E-state index in [0.29, 0.717) is 11.4 Å². The number of hydrogen-bond donors (Lipinski definition) is 1. The number of carbonyl (C=O) groups excluding carboxylic acids is 1. The van der Waals surface area contributed by atoms with E-state index >= 15 is 0 Å². The van der Waals surface area contributed by atoms with Crippen LogP contribution in [0.2, 0.25) is 0 Å². The molecule has 0 fully saturated rings. The molecule has 2 heterocycles. The van der Waals surface area contributed by atoms with Crippen LogP contribution in [0.4, 0.5) is 5.69 Å². The summed E-state index contributed by atoms with van der Waals surface area (Å²) in [7, 11) is 0. The Labute approximate surface area is 105 Å². The van der Waals surface area contributed by atoms with E-state index in [1.165, 1.54) is 0 Å². The molecule has 0 aliphatic heterocycles. The number of carbonyl (C=O) groups is 1. The Morgan fingerprint density at radius 1 is 1.50 bits per heavy atom. The van der Waals surface area contributed by atoms with Gasteiger partial charge in [-0.15, -0.1) is 0 Å². The maximum absolute atomic E-state index is 11.9. The normalized spacial score (nSPS) is 10.6. The molecule has 1 N–H and O–H groups in total. The summed E-state index contributed by atoms with van der Waals surface area (Å²) in [5.74, 6) is 0.590. The molecule has 0 unspecified atom stereocenters. The first-order chi connectivity index (χ1) is 8.60. The van der Waals surface area contributed by atoms with Crippen molar-refractivity contribution in [1.29, 1.82) is 0 Å². The van der Waals surface area contributed by atoms with Crippen molar-refractivity contribution in [1.82, 2.24) is 14.9 Å². The van der Waals surface area contributed by atoms with Crippen molar-refractivity contribution < 1.29 is 9.32 Å². The molecule has 0 aliphatic carbocycles. The monoisotopic (exact) mass is 248 g/mol. The summed E-state index contributed by atoms with van der Waals surface area (Å²) >= 11 is 0. The summed E-state index contributed by atoms with van der Waals surface area (Å²) in [6.45, 7) is 6.40. The van der Waals surface area contributed by atoms with Crippen LogP contribution >= 0.6 is 0 Å². The molecular weight excluding hydrogens is 232 g/mol. The highest BCUT2D eigenvalue weighted by Gasteiger charge is 2.13. The fourth-order valence-corrected chi connectivity index (χ4v) is 1.72. The van der Waals surface area contributed by atoms with Gasteiger partial charge in [-0.3, -0.25) is 9.48 Å². The van der Waals surface area contributed by atoms with Gasteiger partial charge in [-0.2, -0.15) is 5.10 Å². The summed E-state index contributed by atoms with van der Waals surface area (Å²) in [6, 6.07) is 0. The largest absolute Gasteiger partial charge is 0.361 e. The van der Waals surface area contributed by atoms with E-state index < -0.39 is 0 Å². The summed E-state index contributed by atoms with van der Waals surface area (Å²) < 4.78 is 6.78. The second-order valence-corrected chi connectivity index (χ2v) is 4.11. The fourth-order valence-electron chi connectivity index (χ4n) is 1.72. The van der Waals surface area contributed by atoms with Crippen molar-refractivity contribution in [2.75, 3.05) is 5.32 Å². The molecule has 2 rings (SSSR count). The lowest BCUT2D eigenvalue weighted by Crippen LogP contribution is -2.14. The Balaban J connectivity index is 2.01. The molecule has 6 nitrogen and oxygen atoms in total. The molecule has 0 saturated heterocycles. The van der Waals surface area contributed by atoms with Crippen LogP contribution in [-0.2, 0) is 17.8 Å². The molecule has 0 aliphatic rings. The maximum atomic E-state index is 11.9. The minimum absolute atomic E-state index is 0.0972. The molecule has 1 amide bonds. The number of nitrogens with one attached hydrogen (secondary N) is 1. The first kappa shape index (κ1) is 12.3. The third-order valence-electron chi connectivity index (χ3n) is 2.76. The van der Waals surface area contributed by atoms with Gasteiger partial charge in [0.1, 0.15) is 5.76 Å². The van der Waals surface area contributed by atoms with Crippen LogP contribution in [-0.4, -0.2) is 20.8 Å². The van der Waals surface area contributed by atoms with Gasteiger partial charge in [-0.1, -0.05) is 5.16 Å². The van der Waals surface area contributed by atoms with E-state index in [-0.39, 0.29) is 12.3 Å². The van der Waals surface area contributed by atoms with Gasteiger partial charge >= 0.3 is 0 Å². The zero-order valence-electron chi connectivity index (χ0n) is 10.7. The van der Waals surface area contributed by atoms with Gasteiger partial charge in [-0.05, 0) is 20.8 Å². The van der Waals surface area contributed by atoms with Crippen LogP contribution in [0.1, 0.15) is 23.9 Å². The molecule has 0 spiro atoms. The molecule has 0 aromatic carbocycles.